The molecule has 0 aromatic heterocycles. The van der Waals surface area contributed by atoms with E-state index in [9.17, 15) is 4.21 Å². The summed E-state index contributed by atoms with van der Waals surface area (Å²) >= 11 is 3.62. The molecule has 144 valence electrons. The first-order chi connectivity index (χ1) is 12.3. The van der Waals surface area contributed by atoms with Gasteiger partial charge in [-0.25, -0.2) is 8.93 Å². The lowest BCUT2D eigenvalue weighted by atomic mass is 9.66. The molecule has 0 radical (unpaired) electrons. The number of hydrogen-bond donors (Lipinski definition) is 1. The lowest BCUT2D eigenvalue weighted by Crippen LogP contribution is -2.64. The zero-order valence-electron chi connectivity index (χ0n) is 16.1. The summed E-state index contributed by atoms with van der Waals surface area (Å²) in [4.78, 5) is 2.59. The predicted octanol–water partition coefficient (Wildman–Crippen LogP) is 4.97. The van der Waals surface area contributed by atoms with Crippen LogP contribution in [0.15, 0.2) is 41.4 Å². The molecule has 3 nitrogen and oxygen atoms in total. The van der Waals surface area contributed by atoms with E-state index in [1.165, 1.54) is 18.4 Å². The van der Waals surface area contributed by atoms with Crippen molar-refractivity contribution in [1.29, 1.82) is 0 Å². The van der Waals surface area contributed by atoms with Crippen molar-refractivity contribution in [3.05, 3.63) is 47.0 Å². The average Bonchev–Trinajstić information content (AvgIpc) is 2.60. The molecule has 2 saturated heterocycles. The maximum Gasteiger partial charge on any atom is 0.0976 e. The first kappa shape index (κ1) is 20.2. The fourth-order valence-electron chi connectivity index (χ4n) is 4.51. The van der Waals surface area contributed by atoms with Crippen LogP contribution in [-0.2, 0) is 11.0 Å². The average molecular weight is 439 g/mol. The number of rotatable bonds is 6. The van der Waals surface area contributed by atoms with Gasteiger partial charge in [0.15, 0.2) is 0 Å². The summed E-state index contributed by atoms with van der Waals surface area (Å²) in [5.74, 6) is 0.799. The van der Waals surface area contributed by atoms with Crippen molar-refractivity contribution in [1.82, 2.24) is 9.62 Å². The molecule has 2 atom stereocenters. The Morgan fingerprint density at radius 1 is 1.42 bits per heavy atom. The van der Waals surface area contributed by atoms with Gasteiger partial charge in [-0.2, -0.15) is 0 Å². The Labute approximate surface area is 169 Å². The van der Waals surface area contributed by atoms with Crippen molar-refractivity contribution in [2.24, 2.45) is 5.92 Å². The Hall–Kier alpha value is -0.490. The first-order valence-electron chi connectivity index (χ1n) is 9.56. The minimum Gasteiger partial charge on any atom is -0.292 e. The lowest BCUT2D eigenvalue weighted by Gasteiger charge is -2.58. The van der Waals surface area contributed by atoms with Crippen molar-refractivity contribution in [2.75, 3.05) is 13.1 Å². The van der Waals surface area contributed by atoms with Crippen LogP contribution in [0.3, 0.4) is 0 Å². The summed E-state index contributed by atoms with van der Waals surface area (Å²) < 4.78 is 17.4. The van der Waals surface area contributed by atoms with Gasteiger partial charge in [-0.05, 0) is 70.1 Å². The minimum atomic E-state index is -1.12. The monoisotopic (exact) mass is 438 g/mol. The zero-order chi connectivity index (χ0) is 18.9. The number of piperidine rings is 2. The van der Waals surface area contributed by atoms with Crippen molar-refractivity contribution in [2.45, 2.75) is 62.8 Å². The quantitative estimate of drug-likeness (QED) is 0.635. The number of nitrogens with one attached hydrogen (secondary N) is 1. The second-order valence-corrected chi connectivity index (χ2v) is 11.6. The van der Waals surface area contributed by atoms with Gasteiger partial charge in [0.05, 0.1) is 21.8 Å². The summed E-state index contributed by atoms with van der Waals surface area (Å²) in [5, 5.41) is 0. The molecule has 1 aliphatic carbocycles. The van der Waals surface area contributed by atoms with Gasteiger partial charge >= 0.3 is 0 Å². The largest absolute Gasteiger partial charge is 0.292 e. The maximum absolute atomic E-state index is 13.1. The predicted molar refractivity (Wildman–Crippen MR) is 114 cm³/mol. The Morgan fingerprint density at radius 3 is 2.69 bits per heavy atom. The molecule has 5 heteroatoms. The molecule has 0 amide bonds. The normalized spacial score (nSPS) is 28.7. The van der Waals surface area contributed by atoms with Crippen LogP contribution >= 0.6 is 15.9 Å². The molecule has 1 unspecified atom stereocenters. The molecule has 1 N–H and O–H groups in total. The first-order valence-corrected chi connectivity index (χ1v) is 11.5. The molecule has 1 aromatic carbocycles. The topological polar surface area (TPSA) is 32.3 Å². The van der Waals surface area contributed by atoms with Crippen molar-refractivity contribution >= 4 is 26.9 Å². The third-order valence-electron chi connectivity index (χ3n) is 5.93. The third kappa shape index (κ3) is 4.01. The SMILES string of the molecule is C=CCN1CC2CCC1([C@@H](NS(=O)C(C)(C)C)c1cccc(Br)c1)CC2. The van der Waals surface area contributed by atoms with Gasteiger partial charge in [0.25, 0.3) is 0 Å². The van der Waals surface area contributed by atoms with Gasteiger partial charge < -0.3 is 0 Å². The second-order valence-electron chi connectivity index (χ2n) is 8.73. The lowest BCUT2D eigenvalue weighted by molar-refractivity contribution is -0.0473. The molecule has 4 rings (SSSR count). The minimum absolute atomic E-state index is 0.00461. The van der Waals surface area contributed by atoms with Gasteiger partial charge in [-0.1, -0.05) is 34.1 Å². The third-order valence-corrected chi connectivity index (χ3v) is 7.98. The summed E-state index contributed by atoms with van der Waals surface area (Å²) in [6, 6.07) is 8.53. The van der Waals surface area contributed by atoms with Crippen LogP contribution in [0, 0.1) is 5.92 Å². The number of fused-ring (bicyclic) bond motifs is 3. The van der Waals surface area contributed by atoms with Crippen molar-refractivity contribution in [3.8, 4) is 0 Å². The summed E-state index contributed by atoms with van der Waals surface area (Å²) in [7, 11) is -1.12. The fourth-order valence-corrected chi connectivity index (χ4v) is 5.85. The van der Waals surface area contributed by atoms with Gasteiger partial charge in [0.2, 0.25) is 0 Å². The molecule has 3 fully saturated rings. The van der Waals surface area contributed by atoms with Crippen LogP contribution in [0.1, 0.15) is 58.1 Å². The summed E-state index contributed by atoms with van der Waals surface area (Å²) in [6.07, 6.45) is 6.85. The van der Waals surface area contributed by atoms with E-state index in [-0.39, 0.29) is 16.3 Å². The fraction of sp³-hybridized carbons (Fsp3) is 0.619. The molecule has 3 aliphatic rings. The van der Waals surface area contributed by atoms with E-state index < -0.39 is 11.0 Å². The molecule has 2 bridgehead atoms. The zero-order valence-corrected chi connectivity index (χ0v) is 18.5. The van der Waals surface area contributed by atoms with Gasteiger partial charge in [0, 0.05) is 23.1 Å². The highest BCUT2D eigenvalue weighted by Crippen LogP contribution is 2.50. The number of hydrogen-bond acceptors (Lipinski definition) is 2. The second kappa shape index (κ2) is 7.86. The van der Waals surface area contributed by atoms with E-state index in [0.29, 0.717) is 0 Å². The Morgan fingerprint density at radius 2 is 2.12 bits per heavy atom. The van der Waals surface area contributed by atoms with Crippen LogP contribution < -0.4 is 4.72 Å². The van der Waals surface area contributed by atoms with Gasteiger partial charge in [-0.15, -0.1) is 6.58 Å². The van der Waals surface area contributed by atoms with Crippen LogP contribution in [-0.4, -0.2) is 32.5 Å². The van der Waals surface area contributed by atoms with Crippen molar-refractivity contribution < 1.29 is 4.21 Å². The maximum atomic E-state index is 13.1. The van der Waals surface area contributed by atoms with Gasteiger partial charge in [0.1, 0.15) is 0 Å². The van der Waals surface area contributed by atoms with E-state index in [0.717, 1.165) is 36.3 Å². The highest BCUT2D eigenvalue weighted by atomic mass is 79.9. The van der Waals surface area contributed by atoms with Crippen LogP contribution in [0.4, 0.5) is 0 Å². The Bertz CT molecular complexity index is 677. The summed E-state index contributed by atoms with van der Waals surface area (Å²) in [5.41, 5.74) is 1.22. The molecular weight excluding hydrogens is 408 g/mol. The molecule has 0 spiro atoms. The Balaban J connectivity index is 2.03. The molecule has 1 saturated carbocycles. The van der Waals surface area contributed by atoms with Gasteiger partial charge in [-0.3, -0.25) is 4.90 Å². The van der Waals surface area contributed by atoms with Crippen molar-refractivity contribution in [3.63, 3.8) is 0 Å². The van der Waals surface area contributed by atoms with E-state index in [1.807, 2.05) is 26.8 Å². The number of nitrogens with zero attached hydrogens (tertiary/aromatic N) is 1. The highest BCUT2D eigenvalue weighted by molar-refractivity contribution is 9.10. The number of halogens is 1. The van der Waals surface area contributed by atoms with Crippen LogP contribution in [0.25, 0.3) is 0 Å². The highest BCUT2D eigenvalue weighted by Gasteiger charge is 2.51. The van der Waals surface area contributed by atoms with E-state index >= 15 is 0 Å². The molecule has 26 heavy (non-hydrogen) atoms. The van der Waals surface area contributed by atoms with E-state index in [4.69, 9.17) is 0 Å². The summed E-state index contributed by atoms with van der Waals surface area (Å²) in [6.45, 7) is 12.1. The Kier molecular flexibility index (Phi) is 6.12. The molecule has 2 heterocycles. The molecule has 1 aromatic rings. The number of benzene rings is 1. The van der Waals surface area contributed by atoms with E-state index in [1.54, 1.807) is 0 Å². The molecule has 2 aliphatic heterocycles. The van der Waals surface area contributed by atoms with E-state index in [2.05, 4.69) is 56.4 Å². The smallest absolute Gasteiger partial charge is 0.0976 e. The standard InChI is InChI=1S/C21H31BrN2OS/c1-5-13-24-15-16-9-11-21(24,12-10-16)19(23-26(25)20(2,3)4)17-7-6-8-18(22)14-17/h5-8,14,16,19,23H,1,9-13,15H2,2-4H3/t16?,19-,21?,26?/m0/s1. The molecular formula is C21H31BrN2OS. The van der Waals surface area contributed by atoms with Crippen LogP contribution in [0.5, 0.6) is 0 Å². The van der Waals surface area contributed by atoms with Crippen LogP contribution in [0.2, 0.25) is 0 Å².